The number of aromatic nitrogens is 1. The predicted molar refractivity (Wildman–Crippen MR) is 65.0 cm³/mol. The van der Waals surface area contributed by atoms with Gasteiger partial charge in [-0.3, -0.25) is 0 Å². The molecule has 1 atom stereocenters. The molecular formula is C13H15NO5. The minimum Gasteiger partial charge on any atom is -0.466 e. The molecule has 1 fully saturated rings. The van der Waals surface area contributed by atoms with Crippen molar-refractivity contribution < 1.29 is 24.1 Å². The van der Waals surface area contributed by atoms with E-state index in [9.17, 15) is 9.90 Å². The van der Waals surface area contributed by atoms with Crippen LogP contribution in [-0.2, 0) is 19.0 Å². The van der Waals surface area contributed by atoms with E-state index in [1.165, 1.54) is 7.11 Å². The first-order chi connectivity index (χ1) is 9.13. The largest absolute Gasteiger partial charge is 0.466 e. The molecule has 0 bridgehead atoms. The van der Waals surface area contributed by atoms with Gasteiger partial charge >= 0.3 is 5.97 Å². The number of pyridine rings is 1. The number of ether oxygens (including phenoxy) is 3. The summed E-state index contributed by atoms with van der Waals surface area (Å²) in [6, 6.07) is 5.03. The van der Waals surface area contributed by atoms with Gasteiger partial charge in [-0.15, -0.1) is 0 Å². The van der Waals surface area contributed by atoms with Crippen molar-refractivity contribution in [3.63, 3.8) is 0 Å². The Morgan fingerprint density at radius 3 is 2.84 bits per heavy atom. The summed E-state index contributed by atoms with van der Waals surface area (Å²) in [5, 5.41) is 10.0. The highest BCUT2D eigenvalue weighted by molar-refractivity contribution is 5.88. The van der Waals surface area contributed by atoms with E-state index in [2.05, 4.69) is 16.3 Å². The van der Waals surface area contributed by atoms with Crippen LogP contribution in [0.4, 0.5) is 0 Å². The molecule has 0 aromatic carbocycles. The van der Waals surface area contributed by atoms with Crippen LogP contribution < -0.4 is 0 Å². The predicted octanol–water partition coefficient (Wildman–Crippen LogP) is 0.890. The molecule has 19 heavy (non-hydrogen) atoms. The Labute approximate surface area is 110 Å². The van der Waals surface area contributed by atoms with Crippen molar-refractivity contribution in [2.24, 2.45) is 0 Å². The fraction of sp³-hybridized carbons (Fsp3) is 0.385. The maximum Gasteiger partial charge on any atom is 0.336 e. The molecule has 1 aliphatic heterocycles. The van der Waals surface area contributed by atoms with E-state index in [-0.39, 0.29) is 5.57 Å². The van der Waals surface area contributed by atoms with Crippen LogP contribution in [-0.4, -0.2) is 36.4 Å². The number of aliphatic hydroxyl groups excluding tert-OH is 1. The SMILES string of the molecule is C=C(C(=O)OC)C(O)c1cccc(C2OCCO2)n1. The molecule has 1 unspecified atom stereocenters. The van der Waals surface area contributed by atoms with Crippen LogP contribution in [0, 0.1) is 0 Å². The number of carbonyl (C=O) groups is 1. The summed E-state index contributed by atoms with van der Waals surface area (Å²) in [6.07, 6.45) is -1.74. The minimum absolute atomic E-state index is 0.0691. The van der Waals surface area contributed by atoms with Crippen molar-refractivity contribution in [3.8, 4) is 0 Å². The van der Waals surface area contributed by atoms with Crippen molar-refractivity contribution in [3.05, 3.63) is 41.7 Å². The van der Waals surface area contributed by atoms with Gasteiger partial charge < -0.3 is 19.3 Å². The van der Waals surface area contributed by atoms with Crippen molar-refractivity contribution in [1.29, 1.82) is 0 Å². The Morgan fingerprint density at radius 1 is 1.53 bits per heavy atom. The van der Waals surface area contributed by atoms with Gasteiger partial charge in [-0.1, -0.05) is 12.6 Å². The number of hydrogen-bond acceptors (Lipinski definition) is 6. The molecule has 0 aliphatic carbocycles. The monoisotopic (exact) mass is 265 g/mol. The Bertz CT molecular complexity index is 482. The van der Waals surface area contributed by atoms with Gasteiger partial charge in [0.2, 0.25) is 6.29 Å². The molecule has 1 aliphatic rings. The summed E-state index contributed by atoms with van der Waals surface area (Å²) in [6.45, 7) is 4.52. The van der Waals surface area contributed by atoms with Gasteiger partial charge in [-0.25, -0.2) is 9.78 Å². The number of carbonyl (C=O) groups excluding carboxylic acids is 1. The van der Waals surface area contributed by atoms with Gasteiger partial charge in [0.05, 0.1) is 37.3 Å². The average Bonchev–Trinajstić information content (AvgIpc) is 2.99. The number of esters is 1. The fourth-order valence-electron chi connectivity index (χ4n) is 1.70. The van der Waals surface area contributed by atoms with E-state index < -0.39 is 18.4 Å². The molecule has 6 heteroatoms. The molecule has 1 aromatic heterocycles. The van der Waals surface area contributed by atoms with Crippen LogP contribution in [0.3, 0.4) is 0 Å². The van der Waals surface area contributed by atoms with Crippen molar-refractivity contribution in [1.82, 2.24) is 4.98 Å². The number of methoxy groups -OCH3 is 1. The summed E-state index contributed by atoms with van der Waals surface area (Å²) in [4.78, 5) is 15.5. The normalized spacial score (nSPS) is 17.2. The molecule has 0 saturated carbocycles. The lowest BCUT2D eigenvalue weighted by molar-refractivity contribution is -0.137. The molecule has 1 saturated heterocycles. The van der Waals surface area contributed by atoms with Gasteiger partial charge in [0, 0.05) is 0 Å². The lowest BCUT2D eigenvalue weighted by Crippen LogP contribution is -2.14. The van der Waals surface area contributed by atoms with Crippen LogP contribution in [0.15, 0.2) is 30.4 Å². The van der Waals surface area contributed by atoms with Gasteiger partial charge in [-0.2, -0.15) is 0 Å². The molecule has 0 amide bonds. The molecule has 2 rings (SSSR count). The third-order valence-electron chi connectivity index (χ3n) is 2.71. The topological polar surface area (TPSA) is 77.9 Å². The average molecular weight is 265 g/mol. The number of hydrogen-bond donors (Lipinski definition) is 1. The van der Waals surface area contributed by atoms with Crippen LogP contribution in [0.25, 0.3) is 0 Å². The standard InChI is InChI=1S/C13H15NO5/c1-8(12(16)17-2)11(15)9-4-3-5-10(14-9)13-18-6-7-19-13/h3-5,11,13,15H,1,6-7H2,2H3. The maximum absolute atomic E-state index is 11.3. The van der Waals surface area contributed by atoms with Crippen molar-refractivity contribution in [2.45, 2.75) is 12.4 Å². The summed E-state index contributed by atoms with van der Waals surface area (Å²) < 4.78 is 15.2. The Hall–Kier alpha value is -1.76. The Morgan fingerprint density at radius 2 is 2.21 bits per heavy atom. The van der Waals surface area contributed by atoms with E-state index in [1.807, 2.05) is 0 Å². The molecule has 2 heterocycles. The quantitative estimate of drug-likeness (QED) is 0.643. The highest BCUT2D eigenvalue weighted by Crippen LogP contribution is 2.25. The van der Waals surface area contributed by atoms with E-state index >= 15 is 0 Å². The molecule has 1 aromatic rings. The van der Waals surface area contributed by atoms with Crippen molar-refractivity contribution >= 4 is 5.97 Å². The first kappa shape index (κ1) is 13.7. The smallest absolute Gasteiger partial charge is 0.336 e. The van der Waals surface area contributed by atoms with E-state index in [0.717, 1.165) is 0 Å². The third kappa shape index (κ3) is 2.98. The molecule has 1 N–H and O–H groups in total. The summed E-state index contributed by atoms with van der Waals surface area (Å²) >= 11 is 0. The summed E-state index contributed by atoms with van der Waals surface area (Å²) in [5.74, 6) is -0.673. The van der Waals surface area contributed by atoms with Crippen LogP contribution in [0.5, 0.6) is 0 Å². The third-order valence-corrected chi connectivity index (χ3v) is 2.71. The fourth-order valence-corrected chi connectivity index (χ4v) is 1.70. The number of rotatable bonds is 4. The van der Waals surface area contributed by atoms with Gasteiger partial charge in [-0.05, 0) is 12.1 Å². The Kier molecular flexibility index (Phi) is 4.26. The zero-order valence-corrected chi connectivity index (χ0v) is 10.5. The molecule has 6 nitrogen and oxygen atoms in total. The summed E-state index contributed by atoms with van der Waals surface area (Å²) in [7, 11) is 1.23. The van der Waals surface area contributed by atoms with Gasteiger partial charge in [0.25, 0.3) is 0 Å². The summed E-state index contributed by atoms with van der Waals surface area (Å²) in [5.41, 5.74) is 0.777. The second kappa shape index (κ2) is 5.92. The van der Waals surface area contributed by atoms with Crippen LogP contribution in [0.2, 0.25) is 0 Å². The van der Waals surface area contributed by atoms with Crippen LogP contribution >= 0.6 is 0 Å². The zero-order valence-electron chi connectivity index (χ0n) is 10.5. The number of aliphatic hydroxyl groups is 1. The second-order valence-corrected chi connectivity index (χ2v) is 3.98. The van der Waals surface area contributed by atoms with E-state index in [0.29, 0.717) is 24.6 Å². The van der Waals surface area contributed by atoms with E-state index in [4.69, 9.17) is 9.47 Å². The highest BCUT2D eigenvalue weighted by Gasteiger charge is 2.23. The molecule has 0 spiro atoms. The zero-order chi connectivity index (χ0) is 13.8. The van der Waals surface area contributed by atoms with Gasteiger partial charge in [0.15, 0.2) is 0 Å². The lowest BCUT2D eigenvalue weighted by Gasteiger charge is -2.14. The first-order valence-corrected chi connectivity index (χ1v) is 5.78. The Balaban J connectivity index is 2.18. The molecule has 0 radical (unpaired) electrons. The lowest BCUT2D eigenvalue weighted by atomic mass is 10.1. The first-order valence-electron chi connectivity index (χ1n) is 5.78. The van der Waals surface area contributed by atoms with E-state index in [1.54, 1.807) is 18.2 Å². The second-order valence-electron chi connectivity index (χ2n) is 3.98. The van der Waals surface area contributed by atoms with Crippen molar-refractivity contribution in [2.75, 3.05) is 20.3 Å². The minimum atomic E-state index is -1.21. The number of nitrogens with zero attached hydrogens (tertiary/aromatic N) is 1. The highest BCUT2D eigenvalue weighted by atomic mass is 16.7. The maximum atomic E-state index is 11.3. The van der Waals surface area contributed by atoms with Crippen LogP contribution in [0.1, 0.15) is 23.8 Å². The molecular weight excluding hydrogens is 250 g/mol. The molecule has 102 valence electrons. The van der Waals surface area contributed by atoms with Gasteiger partial charge in [0.1, 0.15) is 6.10 Å².